The lowest BCUT2D eigenvalue weighted by atomic mass is 10.1. The first kappa shape index (κ1) is 11.5. The Bertz CT molecular complexity index is 381. The predicted octanol–water partition coefficient (Wildman–Crippen LogP) is 1.93. The quantitative estimate of drug-likeness (QED) is 0.716. The average molecular weight is 208 g/mol. The number of rotatable bonds is 1. The number of anilines is 1. The van der Waals surface area contributed by atoms with Gasteiger partial charge in [0.2, 0.25) is 0 Å². The van der Waals surface area contributed by atoms with Crippen molar-refractivity contribution in [3.63, 3.8) is 0 Å². The fourth-order valence-corrected chi connectivity index (χ4v) is 1.03. The van der Waals surface area contributed by atoms with E-state index in [1.165, 1.54) is 6.20 Å². The Morgan fingerprint density at radius 3 is 2.53 bits per heavy atom. The summed E-state index contributed by atoms with van der Waals surface area (Å²) in [5.41, 5.74) is 6.26. The molecule has 0 saturated carbocycles. The molecule has 0 aromatic carbocycles. The van der Waals surface area contributed by atoms with Crippen LogP contribution in [0, 0.1) is 6.92 Å². The molecule has 0 bridgehead atoms. The van der Waals surface area contributed by atoms with Gasteiger partial charge in [-0.3, -0.25) is 0 Å². The Hall–Kier alpha value is -1.58. The van der Waals surface area contributed by atoms with Crippen LogP contribution in [0.5, 0.6) is 0 Å². The summed E-state index contributed by atoms with van der Waals surface area (Å²) in [6.45, 7) is 7.27. The minimum absolute atomic E-state index is 0.377. The van der Waals surface area contributed by atoms with Gasteiger partial charge in [-0.15, -0.1) is 0 Å². The third-order valence-electron chi connectivity index (χ3n) is 1.75. The van der Waals surface area contributed by atoms with Gasteiger partial charge >= 0.3 is 5.97 Å². The van der Waals surface area contributed by atoms with E-state index in [0.717, 1.165) is 5.56 Å². The first-order chi connectivity index (χ1) is 6.79. The lowest BCUT2D eigenvalue weighted by Gasteiger charge is -2.19. The molecule has 0 atom stereocenters. The molecule has 1 aromatic rings. The van der Waals surface area contributed by atoms with Crippen molar-refractivity contribution in [2.24, 2.45) is 0 Å². The molecule has 0 aliphatic rings. The van der Waals surface area contributed by atoms with Gasteiger partial charge in [0, 0.05) is 6.20 Å². The number of ether oxygens (including phenoxy) is 1. The van der Waals surface area contributed by atoms with Crippen molar-refractivity contribution < 1.29 is 9.53 Å². The minimum Gasteiger partial charge on any atom is -0.456 e. The molecule has 2 N–H and O–H groups in total. The van der Waals surface area contributed by atoms with Crippen molar-refractivity contribution in [1.29, 1.82) is 0 Å². The van der Waals surface area contributed by atoms with Crippen molar-refractivity contribution in [3.8, 4) is 0 Å². The molecule has 1 rings (SSSR count). The third kappa shape index (κ3) is 3.23. The normalized spacial score (nSPS) is 11.2. The highest BCUT2D eigenvalue weighted by atomic mass is 16.6. The maximum atomic E-state index is 11.6. The van der Waals surface area contributed by atoms with Crippen LogP contribution in [0.4, 0.5) is 5.82 Å². The maximum Gasteiger partial charge on any atom is 0.340 e. The first-order valence-electron chi connectivity index (χ1n) is 4.75. The lowest BCUT2D eigenvalue weighted by Crippen LogP contribution is -2.24. The SMILES string of the molecule is Cc1cc(C(=O)OC(C)(C)C)cnc1N. The fourth-order valence-electron chi connectivity index (χ4n) is 1.03. The monoisotopic (exact) mass is 208 g/mol. The van der Waals surface area contributed by atoms with Crippen LogP contribution in [0.25, 0.3) is 0 Å². The summed E-state index contributed by atoms with van der Waals surface area (Å²) >= 11 is 0. The van der Waals surface area contributed by atoms with Gasteiger partial charge in [-0.2, -0.15) is 0 Å². The molecule has 0 fully saturated rings. The van der Waals surface area contributed by atoms with Crippen LogP contribution >= 0.6 is 0 Å². The Morgan fingerprint density at radius 2 is 2.07 bits per heavy atom. The van der Waals surface area contributed by atoms with Crippen molar-refractivity contribution in [2.75, 3.05) is 5.73 Å². The van der Waals surface area contributed by atoms with E-state index in [0.29, 0.717) is 11.4 Å². The molecule has 1 aromatic heterocycles. The van der Waals surface area contributed by atoms with Crippen molar-refractivity contribution in [2.45, 2.75) is 33.3 Å². The molecule has 15 heavy (non-hydrogen) atoms. The largest absolute Gasteiger partial charge is 0.456 e. The maximum absolute atomic E-state index is 11.6. The summed E-state index contributed by atoms with van der Waals surface area (Å²) in [6, 6.07) is 1.68. The molecular weight excluding hydrogens is 192 g/mol. The van der Waals surface area contributed by atoms with Crippen LogP contribution < -0.4 is 5.73 Å². The fraction of sp³-hybridized carbons (Fsp3) is 0.455. The van der Waals surface area contributed by atoms with Gasteiger partial charge in [0.1, 0.15) is 11.4 Å². The number of hydrogen-bond donors (Lipinski definition) is 1. The van der Waals surface area contributed by atoms with Gasteiger partial charge < -0.3 is 10.5 Å². The highest BCUT2D eigenvalue weighted by Crippen LogP contribution is 2.14. The van der Waals surface area contributed by atoms with Crippen molar-refractivity contribution in [1.82, 2.24) is 4.98 Å². The summed E-state index contributed by atoms with van der Waals surface area (Å²) in [7, 11) is 0. The first-order valence-corrected chi connectivity index (χ1v) is 4.75. The van der Waals surface area contributed by atoms with E-state index in [9.17, 15) is 4.79 Å². The number of nitrogens with two attached hydrogens (primary N) is 1. The standard InChI is InChI=1S/C11H16N2O2/c1-7-5-8(6-13-9(7)12)10(14)15-11(2,3)4/h5-6H,1-4H3,(H2,12,13). The van der Waals surface area contributed by atoms with Crippen LogP contribution in [-0.4, -0.2) is 16.6 Å². The molecule has 0 unspecified atom stereocenters. The summed E-state index contributed by atoms with van der Waals surface area (Å²) in [4.78, 5) is 15.5. The van der Waals surface area contributed by atoms with E-state index in [2.05, 4.69) is 4.98 Å². The predicted molar refractivity (Wildman–Crippen MR) is 58.6 cm³/mol. The number of nitrogens with zero attached hydrogens (tertiary/aromatic N) is 1. The van der Waals surface area contributed by atoms with E-state index in [-0.39, 0.29) is 5.97 Å². The Kier molecular flexibility index (Phi) is 2.98. The average Bonchev–Trinajstić information content (AvgIpc) is 2.06. The van der Waals surface area contributed by atoms with Crippen LogP contribution in [0.15, 0.2) is 12.3 Å². The summed E-state index contributed by atoms with van der Waals surface area (Å²) in [6.07, 6.45) is 1.43. The zero-order valence-corrected chi connectivity index (χ0v) is 9.50. The second-order valence-electron chi connectivity index (χ2n) is 4.43. The molecular formula is C11H16N2O2. The molecule has 0 aliphatic heterocycles. The molecule has 0 radical (unpaired) electrons. The van der Waals surface area contributed by atoms with Crippen LogP contribution in [0.1, 0.15) is 36.7 Å². The smallest absolute Gasteiger partial charge is 0.340 e. The molecule has 0 amide bonds. The van der Waals surface area contributed by atoms with E-state index >= 15 is 0 Å². The van der Waals surface area contributed by atoms with E-state index in [4.69, 9.17) is 10.5 Å². The number of nitrogen functional groups attached to an aromatic ring is 1. The van der Waals surface area contributed by atoms with E-state index in [1.807, 2.05) is 20.8 Å². The molecule has 4 nitrogen and oxygen atoms in total. The van der Waals surface area contributed by atoms with Crippen LogP contribution in [0.3, 0.4) is 0 Å². The molecule has 82 valence electrons. The second-order valence-corrected chi connectivity index (χ2v) is 4.43. The molecule has 0 aliphatic carbocycles. The van der Waals surface area contributed by atoms with E-state index in [1.54, 1.807) is 13.0 Å². The number of carbonyl (C=O) groups is 1. The molecule has 0 saturated heterocycles. The zero-order chi connectivity index (χ0) is 11.6. The van der Waals surface area contributed by atoms with Gasteiger partial charge in [0.15, 0.2) is 0 Å². The van der Waals surface area contributed by atoms with E-state index < -0.39 is 5.60 Å². The number of carbonyl (C=O) groups excluding carboxylic acids is 1. The van der Waals surface area contributed by atoms with Crippen LogP contribution in [0.2, 0.25) is 0 Å². The number of pyridine rings is 1. The highest BCUT2D eigenvalue weighted by molar-refractivity contribution is 5.89. The number of aryl methyl sites for hydroxylation is 1. The number of esters is 1. The zero-order valence-electron chi connectivity index (χ0n) is 9.50. The summed E-state index contributed by atoms with van der Waals surface area (Å²) in [5, 5.41) is 0. The molecule has 1 heterocycles. The summed E-state index contributed by atoms with van der Waals surface area (Å²) in [5.74, 6) is 0.0559. The Labute approximate surface area is 89.5 Å². The number of hydrogen-bond acceptors (Lipinski definition) is 4. The van der Waals surface area contributed by atoms with Gasteiger partial charge in [0.05, 0.1) is 5.56 Å². The lowest BCUT2D eigenvalue weighted by molar-refractivity contribution is 0.00690. The third-order valence-corrected chi connectivity index (χ3v) is 1.75. The number of aromatic nitrogens is 1. The van der Waals surface area contributed by atoms with Gasteiger partial charge in [-0.05, 0) is 39.3 Å². The van der Waals surface area contributed by atoms with Crippen LogP contribution in [-0.2, 0) is 4.74 Å². The van der Waals surface area contributed by atoms with Gasteiger partial charge in [0.25, 0.3) is 0 Å². The highest BCUT2D eigenvalue weighted by Gasteiger charge is 2.18. The molecule has 4 heteroatoms. The Morgan fingerprint density at radius 1 is 1.47 bits per heavy atom. The van der Waals surface area contributed by atoms with Gasteiger partial charge in [-0.1, -0.05) is 0 Å². The second kappa shape index (κ2) is 3.88. The summed E-state index contributed by atoms with van der Waals surface area (Å²) < 4.78 is 5.20. The minimum atomic E-state index is -0.494. The topological polar surface area (TPSA) is 65.2 Å². The van der Waals surface area contributed by atoms with Crippen molar-refractivity contribution in [3.05, 3.63) is 23.4 Å². The molecule has 0 spiro atoms. The van der Waals surface area contributed by atoms with Gasteiger partial charge in [-0.25, -0.2) is 9.78 Å². The Balaban J connectivity index is 2.88. The van der Waals surface area contributed by atoms with Crippen molar-refractivity contribution >= 4 is 11.8 Å².